The van der Waals surface area contributed by atoms with Crippen molar-refractivity contribution in [1.29, 1.82) is 0 Å². The normalized spacial score (nSPS) is 12.1. The quantitative estimate of drug-likeness (QED) is 0.592. The molecule has 0 fully saturated rings. The molecule has 0 aliphatic rings. The number of rotatable bonds is 7. The monoisotopic (exact) mass is 424 g/mol. The number of amides is 1. The molecule has 3 aromatic rings. The molecule has 3 rings (SSSR count). The van der Waals surface area contributed by atoms with Crippen LogP contribution in [-0.2, 0) is 10.0 Å². The number of carbonyl (C=O) groups is 1. The largest absolute Gasteiger partial charge is 0.497 e. The second kappa shape index (κ2) is 9.00. The summed E-state index contributed by atoms with van der Waals surface area (Å²) in [5, 5.41) is 2.89. The van der Waals surface area contributed by atoms with Crippen molar-refractivity contribution in [3.8, 4) is 5.75 Å². The summed E-state index contributed by atoms with van der Waals surface area (Å²) in [6, 6.07) is 20.1. The minimum absolute atomic E-state index is 0.0211. The van der Waals surface area contributed by atoms with Crippen LogP contribution in [0, 0.1) is 6.92 Å². The van der Waals surface area contributed by atoms with E-state index in [1.54, 1.807) is 31.4 Å². The van der Waals surface area contributed by atoms with E-state index >= 15 is 0 Å². The van der Waals surface area contributed by atoms with Gasteiger partial charge in [0.05, 0.1) is 18.0 Å². The van der Waals surface area contributed by atoms with Gasteiger partial charge in [-0.2, -0.15) is 0 Å². The maximum Gasteiger partial charge on any atom is 0.261 e. The molecule has 0 aliphatic carbocycles. The summed E-state index contributed by atoms with van der Waals surface area (Å²) >= 11 is 0. The summed E-state index contributed by atoms with van der Waals surface area (Å²) in [4.78, 5) is 12.7. The van der Waals surface area contributed by atoms with E-state index in [9.17, 15) is 13.2 Å². The van der Waals surface area contributed by atoms with Crippen molar-refractivity contribution in [1.82, 2.24) is 5.32 Å². The Morgan fingerprint density at radius 1 is 0.967 bits per heavy atom. The van der Waals surface area contributed by atoms with Gasteiger partial charge in [0, 0.05) is 11.3 Å². The zero-order valence-electron chi connectivity index (χ0n) is 17.0. The Balaban J connectivity index is 1.74. The number of hydrogen-bond donors (Lipinski definition) is 2. The fraction of sp³-hybridized carbons (Fsp3) is 0.174. The minimum atomic E-state index is -3.81. The molecule has 0 saturated carbocycles. The van der Waals surface area contributed by atoms with E-state index in [4.69, 9.17) is 4.74 Å². The van der Waals surface area contributed by atoms with Crippen LogP contribution in [0.4, 0.5) is 5.69 Å². The van der Waals surface area contributed by atoms with Gasteiger partial charge < -0.3 is 10.1 Å². The van der Waals surface area contributed by atoms with Crippen molar-refractivity contribution in [2.75, 3.05) is 11.8 Å². The Labute approximate surface area is 177 Å². The predicted molar refractivity (Wildman–Crippen MR) is 117 cm³/mol. The molecule has 0 radical (unpaired) electrons. The van der Waals surface area contributed by atoms with Crippen molar-refractivity contribution < 1.29 is 17.9 Å². The third-order valence-electron chi connectivity index (χ3n) is 4.67. The smallest absolute Gasteiger partial charge is 0.261 e. The van der Waals surface area contributed by atoms with E-state index < -0.39 is 10.0 Å². The molecule has 30 heavy (non-hydrogen) atoms. The molecule has 2 N–H and O–H groups in total. The summed E-state index contributed by atoms with van der Waals surface area (Å²) < 4.78 is 33.1. The van der Waals surface area contributed by atoms with E-state index in [0.29, 0.717) is 5.69 Å². The van der Waals surface area contributed by atoms with E-state index in [-0.39, 0.29) is 22.4 Å². The van der Waals surface area contributed by atoms with Gasteiger partial charge in [-0.15, -0.1) is 0 Å². The molecule has 6 nitrogen and oxygen atoms in total. The van der Waals surface area contributed by atoms with Gasteiger partial charge in [-0.25, -0.2) is 8.42 Å². The highest BCUT2D eigenvalue weighted by atomic mass is 32.2. The van der Waals surface area contributed by atoms with Gasteiger partial charge in [0.25, 0.3) is 15.9 Å². The Bertz CT molecular complexity index is 1120. The molecular formula is C23H24N2O4S. The van der Waals surface area contributed by atoms with Crippen LogP contribution in [0.3, 0.4) is 0 Å². The zero-order valence-corrected chi connectivity index (χ0v) is 17.9. The Hall–Kier alpha value is -3.32. The van der Waals surface area contributed by atoms with Crippen LogP contribution in [0.1, 0.15) is 34.5 Å². The minimum Gasteiger partial charge on any atom is -0.497 e. The average Bonchev–Trinajstić information content (AvgIpc) is 2.75. The lowest BCUT2D eigenvalue weighted by atomic mass is 10.1. The highest BCUT2D eigenvalue weighted by Crippen LogP contribution is 2.20. The number of aryl methyl sites for hydroxylation is 1. The van der Waals surface area contributed by atoms with E-state index in [0.717, 1.165) is 16.9 Å². The van der Waals surface area contributed by atoms with Gasteiger partial charge in [-0.05, 0) is 61.9 Å². The van der Waals surface area contributed by atoms with Gasteiger partial charge in [0.2, 0.25) is 0 Å². The lowest BCUT2D eigenvalue weighted by molar-refractivity contribution is 0.0939. The van der Waals surface area contributed by atoms with Crippen LogP contribution in [0.5, 0.6) is 5.75 Å². The first-order chi connectivity index (χ1) is 14.3. The lowest BCUT2D eigenvalue weighted by Gasteiger charge is -2.15. The predicted octanol–water partition coefficient (Wildman–Crippen LogP) is 4.30. The number of nitrogens with one attached hydrogen (secondary N) is 2. The fourth-order valence-electron chi connectivity index (χ4n) is 2.90. The molecule has 0 aromatic heterocycles. The zero-order chi connectivity index (χ0) is 21.7. The Morgan fingerprint density at radius 2 is 1.63 bits per heavy atom. The van der Waals surface area contributed by atoms with Gasteiger partial charge in [-0.3, -0.25) is 9.52 Å². The molecule has 0 aliphatic heterocycles. The van der Waals surface area contributed by atoms with Crippen molar-refractivity contribution in [3.63, 3.8) is 0 Å². The van der Waals surface area contributed by atoms with Gasteiger partial charge in [0.15, 0.2) is 0 Å². The number of anilines is 1. The molecule has 3 aromatic carbocycles. The fourth-order valence-corrected chi connectivity index (χ4v) is 4.00. The molecule has 0 spiro atoms. The molecule has 0 heterocycles. The molecule has 1 atom stereocenters. The summed E-state index contributed by atoms with van der Waals surface area (Å²) in [6.45, 7) is 3.78. The molecule has 0 bridgehead atoms. The van der Waals surface area contributed by atoms with E-state index in [2.05, 4.69) is 10.0 Å². The summed E-state index contributed by atoms with van der Waals surface area (Å²) in [6.07, 6.45) is 0. The third-order valence-corrected chi connectivity index (χ3v) is 6.05. The van der Waals surface area contributed by atoms with Crippen LogP contribution in [-0.4, -0.2) is 21.4 Å². The van der Waals surface area contributed by atoms with E-state index in [1.165, 1.54) is 12.1 Å². The SMILES string of the molecule is COc1ccc(C(C)NC(=O)c2cccc(S(=O)(=O)Nc3ccc(C)cc3)c2)cc1. The highest BCUT2D eigenvalue weighted by Gasteiger charge is 2.18. The van der Waals surface area contributed by atoms with Crippen molar-refractivity contribution in [3.05, 3.63) is 89.5 Å². The molecule has 1 unspecified atom stereocenters. The standard InChI is InChI=1S/C23H24N2O4S/c1-16-7-11-20(12-8-16)25-30(27,28)22-6-4-5-19(15-22)23(26)24-17(2)18-9-13-21(29-3)14-10-18/h4-15,17,25H,1-3H3,(H,24,26). The molecule has 0 saturated heterocycles. The first-order valence-electron chi connectivity index (χ1n) is 9.43. The first kappa shape index (κ1) is 21.4. The first-order valence-corrected chi connectivity index (χ1v) is 10.9. The van der Waals surface area contributed by atoms with Crippen LogP contribution in [0.15, 0.2) is 77.7 Å². The molecule has 1 amide bonds. The second-order valence-electron chi connectivity index (χ2n) is 6.97. The van der Waals surface area contributed by atoms with Crippen molar-refractivity contribution in [2.45, 2.75) is 24.8 Å². The van der Waals surface area contributed by atoms with Gasteiger partial charge in [-0.1, -0.05) is 35.9 Å². The van der Waals surface area contributed by atoms with Gasteiger partial charge >= 0.3 is 0 Å². The van der Waals surface area contributed by atoms with Crippen LogP contribution < -0.4 is 14.8 Å². The number of ether oxygens (including phenoxy) is 1. The maximum absolute atomic E-state index is 12.7. The number of hydrogen-bond acceptors (Lipinski definition) is 4. The van der Waals surface area contributed by atoms with Crippen LogP contribution >= 0.6 is 0 Å². The number of carbonyl (C=O) groups excluding carboxylic acids is 1. The van der Waals surface area contributed by atoms with Crippen molar-refractivity contribution >= 4 is 21.6 Å². The summed E-state index contributed by atoms with van der Waals surface area (Å²) in [7, 11) is -2.22. The Morgan fingerprint density at radius 3 is 2.27 bits per heavy atom. The second-order valence-corrected chi connectivity index (χ2v) is 8.65. The molecule has 156 valence electrons. The lowest BCUT2D eigenvalue weighted by Crippen LogP contribution is -2.27. The third kappa shape index (κ3) is 5.18. The van der Waals surface area contributed by atoms with Crippen LogP contribution in [0.2, 0.25) is 0 Å². The number of benzene rings is 3. The van der Waals surface area contributed by atoms with Gasteiger partial charge in [0.1, 0.15) is 5.75 Å². The number of methoxy groups -OCH3 is 1. The Kier molecular flexibility index (Phi) is 6.42. The topological polar surface area (TPSA) is 84.5 Å². The van der Waals surface area contributed by atoms with Crippen LogP contribution in [0.25, 0.3) is 0 Å². The highest BCUT2D eigenvalue weighted by molar-refractivity contribution is 7.92. The number of sulfonamides is 1. The van der Waals surface area contributed by atoms with E-state index in [1.807, 2.05) is 50.2 Å². The molecular weight excluding hydrogens is 400 g/mol. The summed E-state index contributed by atoms with van der Waals surface area (Å²) in [5.74, 6) is 0.377. The maximum atomic E-state index is 12.7. The average molecular weight is 425 g/mol. The summed E-state index contributed by atoms with van der Waals surface area (Å²) in [5.41, 5.74) is 2.67. The molecule has 7 heteroatoms. The van der Waals surface area contributed by atoms with Crippen molar-refractivity contribution in [2.24, 2.45) is 0 Å².